The molecule has 3 nitrogen and oxygen atoms in total. The highest BCUT2D eigenvalue weighted by Gasteiger charge is 2.13. The summed E-state index contributed by atoms with van der Waals surface area (Å²) in [7, 11) is 0. The van der Waals surface area contributed by atoms with E-state index in [1.165, 1.54) is 0 Å². The van der Waals surface area contributed by atoms with Crippen LogP contribution in [0.5, 0.6) is 0 Å². The van der Waals surface area contributed by atoms with Gasteiger partial charge in [-0.1, -0.05) is 43.1 Å². The molecule has 1 aromatic carbocycles. The molecular formula is C16H19Cl2N3. The highest BCUT2D eigenvalue weighted by atomic mass is 35.5. The molecule has 1 aromatic heterocycles. The van der Waals surface area contributed by atoms with Crippen molar-refractivity contribution in [3.8, 4) is 0 Å². The van der Waals surface area contributed by atoms with Crippen molar-refractivity contribution in [2.24, 2.45) is 0 Å². The summed E-state index contributed by atoms with van der Waals surface area (Å²) < 4.78 is 0. The van der Waals surface area contributed by atoms with Gasteiger partial charge in [0.2, 0.25) is 5.95 Å². The molecule has 0 spiro atoms. The Balaban J connectivity index is 2.25. The van der Waals surface area contributed by atoms with Crippen LogP contribution in [0.25, 0.3) is 0 Å². The normalized spacial score (nSPS) is 12.5. The first kappa shape index (κ1) is 16.1. The van der Waals surface area contributed by atoms with E-state index in [1.54, 1.807) is 6.07 Å². The van der Waals surface area contributed by atoms with Crippen LogP contribution in [0, 0.1) is 6.92 Å². The molecule has 112 valence electrons. The third kappa shape index (κ3) is 4.08. The SMILES string of the molecule is Cc1cc(C(C)C)nc(NC(C)c2ccc(Cl)cc2Cl)n1. The summed E-state index contributed by atoms with van der Waals surface area (Å²) in [5.74, 6) is 0.985. The van der Waals surface area contributed by atoms with E-state index < -0.39 is 0 Å². The van der Waals surface area contributed by atoms with Crippen LogP contribution in [0.3, 0.4) is 0 Å². The molecule has 0 saturated heterocycles. The van der Waals surface area contributed by atoms with Crippen molar-refractivity contribution >= 4 is 29.2 Å². The zero-order valence-electron chi connectivity index (χ0n) is 12.6. The Morgan fingerprint density at radius 2 is 1.76 bits per heavy atom. The number of benzene rings is 1. The van der Waals surface area contributed by atoms with Crippen molar-refractivity contribution in [3.63, 3.8) is 0 Å². The second-order valence-corrected chi connectivity index (χ2v) is 6.29. The van der Waals surface area contributed by atoms with Crippen LogP contribution in [-0.4, -0.2) is 9.97 Å². The highest BCUT2D eigenvalue weighted by molar-refractivity contribution is 6.35. The van der Waals surface area contributed by atoms with Crippen LogP contribution in [0.2, 0.25) is 10.0 Å². The number of aryl methyl sites for hydroxylation is 1. The first-order valence-corrected chi connectivity index (χ1v) is 7.69. The molecule has 0 aliphatic heterocycles. The Bertz CT molecular complexity index is 641. The summed E-state index contributed by atoms with van der Waals surface area (Å²) in [5, 5.41) is 4.57. The number of aromatic nitrogens is 2. The number of nitrogens with one attached hydrogen (secondary N) is 1. The van der Waals surface area contributed by atoms with Gasteiger partial charge in [-0.2, -0.15) is 0 Å². The zero-order chi connectivity index (χ0) is 15.6. The van der Waals surface area contributed by atoms with Crippen LogP contribution in [-0.2, 0) is 0 Å². The van der Waals surface area contributed by atoms with Gasteiger partial charge in [-0.05, 0) is 43.5 Å². The standard InChI is InChI=1S/C16H19Cl2N3/c1-9(2)15-7-10(3)19-16(21-15)20-11(4)13-6-5-12(17)8-14(13)18/h5-9,11H,1-4H3,(H,19,20,21). The summed E-state index contributed by atoms with van der Waals surface area (Å²) in [6.07, 6.45) is 0. The van der Waals surface area contributed by atoms with Crippen molar-refractivity contribution < 1.29 is 0 Å². The molecule has 1 heterocycles. The Labute approximate surface area is 135 Å². The van der Waals surface area contributed by atoms with E-state index >= 15 is 0 Å². The summed E-state index contributed by atoms with van der Waals surface area (Å²) in [4.78, 5) is 8.99. The molecule has 0 bridgehead atoms. The number of hydrogen-bond donors (Lipinski definition) is 1. The summed E-state index contributed by atoms with van der Waals surface area (Å²) in [6.45, 7) is 8.23. The Morgan fingerprint density at radius 3 is 2.38 bits per heavy atom. The van der Waals surface area contributed by atoms with Crippen LogP contribution in [0.1, 0.15) is 49.7 Å². The first-order chi connectivity index (χ1) is 9.86. The molecule has 0 fully saturated rings. The maximum absolute atomic E-state index is 6.24. The topological polar surface area (TPSA) is 37.8 Å². The molecule has 1 unspecified atom stereocenters. The number of nitrogens with zero attached hydrogens (tertiary/aromatic N) is 2. The van der Waals surface area contributed by atoms with Gasteiger partial charge in [-0.25, -0.2) is 9.97 Å². The third-order valence-electron chi connectivity index (χ3n) is 3.24. The van der Waals surface area contributed by atoms with E-state index in [0.717, 1.165) is 17.0 Å². The van der Waals surface area contributed by atoms with Crippen LogP contribution >= 0.6 is 23.2 Å². The second kappa shape index (κ2) is 6.63. The van der Waals surface area contributed by atoms with Gasteiger partial charge in [-0.3, -0.25) is 0 Å². The molecule has 0 aliphatic rings. The van der Waals surface area contributed by atoms with Crippen LogP contribution < -0.4 is 5.32 Å². The molecule has 0 amide bonds. The van der Waals surface area contributed by atoms with E-state index in [1.807, 2.05) is 32.0 Å². The minimum atomic E-state index is -0.00317. The van der Waals surface area contributed by atoms with Crippen molar-refractivity contribution in [3.05, 3.63) is 51.3 Å². The summed E-state index contributed by atoms with van der Waals surface area (Å²) in [5.41, 5.74) is 2.95. The fourth-order valence-corrected chi connectivity index (χ4v) is 2.65. The largest absolute Gasteiger partial charge is 0.348 e. The molecule has 5 heteroatoms. The second-order valence-electron chi connectivity index (χ2n) is 5.44. The fourth-order valence-electron chi connectivity index (χ4n) is 2.08. The molecule has 1 atom stereocenters. The Hall–Kier alpha value is -1.32. The van der Waals surface area contributed by atoms with Gasteiger partial charge in [0.25, 0.3) is 0 Å². The van der Waals surface area contributed by atoms with Gasteiger partial charge >= 0.3 is 0 Å². The number of hydrogen-bond acceptors (Lipinski definition) is 3. The lowest BCUT2D eigenvalue weighted by Gasteiger charge is -2.17. The zero-order valence-corrected chi connectivity index (χ0v) is 14.1. The third-order valence-corrected chi connectivity index (χ3v) is 3.80. The molecular weight excluding hydrogens is 305 g/mol. The summed E-state index contributed by atoms with van der Waals surface area (Å²) >= 11 is 12.2. The quantitative estimate of drug-likeness (QED) is 0.819. The van der Waals surface area contributed by atoms with Gasteiger partial charge in [0.05, 0.1) is 6.04 Å². The molecule has 0 aliphatic carbocycles. The lowest BCUT2D eigenvalue weighted by molar-refractivity contribution is 0.794. The van der Waals surface area contributed by atoms with Crippen LogP contribution in [0.4, 0.5) is 5.95 Å². The monoisotopic (exact) mass is 323 g/mol. The Morgan fingerprint density at radius 1 is 1.05 bits per heavy atom. The van der Waals surface area contributed by atoms with E-state index in [9.17, 15) is 0 Å². The van der Waals surface area contributed by atoms with Gasteiger partial charge in [0.1, 0.15) is 0 Å². The number of anilines is 1. The maximum Gasteiger partial charge on any atom is 0.223 e. The minimum absolute atomic E-state index is 0.00317. The molecule has 1 N–H and O–H groups in total. The van der Waals surface area contributed by atoms with Gasteiger partial charge in [0, 0.05) is 21.4 Å². The lowest BCUT2D eigenvalue weighted by atomic mass is 10.1. The van der Waals surface area contributed by atoms with E-state index in [4.69, 9.17) is 23.2 Å². The maximum atomic E-state index is 6.24. The van der Waals surface area contributed by atoms with Crippen molar-refractivity contribution in [2.45, 2.75) is 39.7 Å². The van der Waals surface area contributed by atoms with Gasteiger partial charge in [0.15, 0.2) is 0 Å². The predicted molar refractivity (Wildman–Crippen MR) is 89.4 cm³/mol. The van der Waals surface area contributed by atoms with Crippen molar-refractivity contribution in [2.75, 3.05) is 5.32 Å². The van der Waals surface area contributed by atoms with Crippen molar-refractivity contribution in [1.82, 2.24) is 9.97 Å². The van der Waals surface area contributed by atoms with E-state index in [0.29, 0.717) is 21.9 Å². The smallest absolute Gasteiger partial charge is 0.223 e. The van der Waals surface area contributed by atoms with Gasteiger partial charge < -0.3 is 5.32 Å². The number of halogens is 2. The van der Waals surface area contributed by atoms with E-state index in [2.05, 4.69) is 29.1 Å². The average Bonchev–Trinajstić information content (AvgIpc) is 2.37. The minimum Gasteiger partial charge on any atom is -0.348 e. The molecule has 21 heavy (non-hydrogen) atoms. The predicted octanol–water partition coefficient (Wildman–Crippen LogP) is 5.39. The average molecular weight is 324 g/mol. The molecule has 2 rings (SSSR count). The first-order valence-electron chi connectivity index (χ1n) is 6.94. The molecule has 0 radical (unpaired) electrons. The van der Waals surface area contributed by atoms with E-state index in [-0.39, 0.29) is 6.04 Å². The molecule has 0 saturated carbocycles. The lowest BCUT2D eigenvalue weighted by Crippen LogP contribution is -2.11. The summed E-state index contributed by atoms with van der Waals surface area (Å²) in [6, 6.07) is 7.50. The number of rotatable bonds is 4. The fraction of sp³-hybridized carbons (Fsp3) is 0.375. The van der Waals surface area contributed by atoms with Gasteiger partial charge in [-0.15, -0.1) is 0 Å². The van der Waals surface area contributed by atoms with Crippen molar-refractivity contribution in [1.29, 1.82) is 0 Å². The molecule has 2 aromatic rings. The highest BCUT2D eigenvalue weighted by Crippen LogP contribution is 2.28. The Kier molecular flexibility index (Phi) is 5.07. The van der Waals surface area contributed by atoms with Crippen LogP contribution in [0.15, 0.2) is 24.3 Å².